The summed E-state index contributed by atoms with van der Waals surface area (Å²) in [5.41, 5.74) is 10.8. The van der Waals surface area contributed by atoms with E-state index >= 15 is 0 Å². The fourth-order valence-corrected chi connectivity index (χ4v) is 3.49. The van der Waals surface area contributed by atoms with Crippen molar-refractivity contribution in [3.8, 4) is 0 Å². The summed E-state index contributed by atoms with van der Waals surface area (Å²) in [6, 6.07) is 9.21. The molecule has 0 atom stereocenters. The lowest BCUT2D eigenvalue weighted by atomic mass is 10.2. The van der Waals surface area contributed by atoms with Gasteiger partial charge in [-0.05, 0) is 5.56 Å². The molecule has 14 nitrogen and oxygen atoms in total. The second kappa shape index (κ2) is 10.1. The highest BCUT2D eigenvalue weighted by Gasteiger charge is 2.20. The standard InChI is InChI=1S/C21H23N9O5/c1-34-8-7-28-12-24-17-16(28)18(32)30(21(33)29(17)9-13-5-3-2-4-6-13)10-15(31)35-11-14-25-19(22)27-20(23)26-14/h2-6,12H,7-11H2,1H3,(H4,22,23,25,26,27). The van der Waals surface area contributed by atoms with Crippen LogP contribution in [-0.4, -0.2) is 53.3 Å². The first-order valence-electron chi connectivity index (χ1n) is 10.5. The highest BCUT2D eigenvalue weighted by molar-refractivity contribution is 5.72. The zero-order chi connectivity index (χ0) is 24.9. The first-order chi connectivity index (χ1) is 16.9. The summed E-state index contributed by atoms with van der Waals surface area (Å²) >= 11 is 0. The SMILES string of the molecule is COCCn1cnc2c1c(=O)n(CC(=O)OCc1nc(N)nc(N)n1)c(=O)n2Cc1ccccc1. The van der Waals surface area contributed by atoms with Crippen LogP contribution in [0, 0.1) is 0 Å². The van der Waals surface area contributed by atoms with E-state index in [-0.39, 0.29) is 42.0 Å². The summed E-state index contributed by atoms with van der Waals surface area (Å²) in [5, 5.41) is 0. The van der Waals surface area contributed by atoms with Crippen LogP contribution in [0.3, 0.4) is 0 Å². The normalized spacial score (nSPS) is 11.1. The number of nitrogens with two attached hydrogens (primary N) is 2. The molecular formula is C21H23N9O5. The first-order valence-corrected chi connectivity index (χ1v) is 10.5. The van der Waals surface area contributed by atoms with Gasteiger partial charge in [-0.25, -0.2) is 14.3 Å². The maximum absolute atomic E-state index is 13.3. The fraction of sp³-hybridized carbons (Fsp3) is 0.286. The van der Waals surface area contributed by atoms with E-state index in [1.54, 1.807) is 4.57 Å². The van der Waals surface area contributed by atoms with Gasteiger partial charge in [0.2, 0.25) is 11.9 Å². The van der Waals surface area contributed by atoms with Crippen LogP contribution < -0.4 is 22.7 Å². The van der Waals surface area contributed by atoms with Gasteiger partial charge in [-0.2, -0.15) is 15.0 Å². The molecule has 0 unspecified atom stereocenters. The molecule has 4 rings (SSSR count). The van der Waals surface area contributed by atoms with Gasteiger partial charge < -0.3 is 25.5 Å². The first kappa shape index (κ1) is 23.6. The van der Waals surface area contributed by atoms with Gasteiger partial charge in [-0.1, -0.05) is 30.3 Å². The topological polar surface area (TPSA) is 188 Å². The molecule has 1 aromatic carbocycles. The van der Waals surface area contributed by atoms with Gasteiger partial charge in [0.05, 0.1) is 19.5 Å². The summed E-state index contributed by atoms with van der Waals surface area (Å²) in [6.07, 6.45) is 1.46. The lowest BCUT2D eigenvalue weighted by molar-refractivity contribution is -0.146. The Balaban J connectivity index is 1.69. The van der Waals surface area contributed by atoms with Crippen LogP contribution in [0.4, 0.5) is 11.9 Å². The maximum atomic E-state index is 13.3. The molecular weight excluding hydrogens is 458 g/mol. The molecule has 4 aromatic rings. The van der Waals surface area contributed by atoms with Gasteiger partial charge in [-0.3, -0.25) is 14.2 Å². The number of nitrogens with zero attached hydrogens (tertiary/aromatic N) is 7. The van der Waals surface area contributed by atoms with Gasteiger partial charge in [0.15, 0.2) is 23.6 Å². The molecule has 0 saturated carbocycles. The van der Waals surface area contributed by atoms with Crippen molar-refractivity contribution in [2.45, 2.75) is 26.2 Å². The molecule has 0 bridgehead atoms. The molecule has 3 heterocycles. The van der Waals surface area contributed by atoms with Crippen LogP contribution in [0.25, 0.3) is 11.2 Å². The highest BCUT2D eigenvalue weighted by Crippen LogP contribution is 2.10. The quantitative estimate of drug-likeness (QED) is 0.283. The number of benzene rings is 1. The Hall–Kier alpha value is -4.59. The van der Waals surface area contributed by atoms with Crippen molar-refractivity contribution in [1.82, 2.24) is 33.6 Å². The predicted molar refractivity (Wildman–Crippen MR) is 124 cm³/mol. The van der Waals surface area contributed by atoms with Crippen molar-refractivity contribution in [1.29, 1.82) is 0 Å². The number of nitrogen functional groups attached to an aromatic ring is 2. The highest BCUT2D eigenvalue weighted by atomic mass is 16.5. The van der Waals surface area contributed by atoms with Gasteiger partial charge in [0.1, 0.15) is 6.54 Å². The van der Waals surface area contributed by atoms with Crippen LogP contribution in [0.1, 0.15) is 11.4 Å². The van der Waals surface area contributed by atoms with Crippen LogP contribution in [0.2, 0.25) is 0 Å². The molecule has 0 aliphatic rings. The molecule has 4 N–H and O–H groups in total. The van der Waals surface area contributed by atoms with Crippen molar-refractivity contribution in [2.24, 2.45) is 0 Å². The Labute approximate surface area is 197 Å². The molecule has 3 aromatic heterocycles. The molecule has 0 fully saturated rings. The lowest BCUT2D eigenvalue weighted by Crippen LogP contribution is -2.42. The van der Waals surface area contributed by atoms with E-state index in [1.807, 2.05) is 30.3 Å². The van der Waals surface area contributed by atoms with E-state index in [1.165, 1.54) is 18.0 Å². The van der Waals surface area contributed by atoms with Crippen LogP contribution in [0.15, 0.2) is 46.2 Å². The number of rotatable bonds is 9. The van der Waals surface area contributed by atoms with Crippen LogP contribution in [0.5, 0.6) is 0 Å². The van der Waals surface area contributed by atoms with Crippen molar-refractivity contribution >= 4 is 29.0 Å². The minimum Gasteiger partial charge on any atom is -0.456 e. The van der Waals surface area contributed by atoms with Gasteiger partial charge >= 0.3 is 11.7 Å². The number of imidazole rings is 1. The van der Waals surface area contributed by atoms with E-state index in [0.29, 0.717) is 13.2 Å². The van der Waals surface area contributed by atoms with Crippen molar-refractivity contribution in [3.05, 3.63) is 68.9 Å². The minimum atomic E-state index is -0.852. The third kappa shape index (κ3) is 5.16. The number of carbonyl (C=O) groups excluding carboxylic acids is 1. The zero-order valence-corrected chi connectivity index (χ0v) is 18.8. The summed E-state index contributed by atoms with van der Waals surface area (Å²) in [7, 11) is 1.53. The average Bonchev–Trinajstić information content (AvgIpc) is 3.26. The Morgan fingerprint density at radius 1 is 1.03 bits per heavy atom. The number of aromatic nitrogens is 7. The number of hydrogen-bond donors (Lipinski definition) is 2. The van der Waals surface area contributed by atoms with Gasteiger partial charge in [0, 0.05) is 13.7 Å². The Morgan fingerprint density at radius 3 is 2.43 bits per heavy atom. The number of fused-ring (bicyclic) bond motifs is 1. The summed E-state index contributed by atoms with van der Waals surface area (Å²) in [4.78, 5) is 54.7. The van der Waals surface area contributed by atoms with Crippen molar-refractivity contribution in [3.63, 3.8) is 0 Å². The molecule has 182 valence electrons. The molecule has 0 amide bonds. The van der Waals surface area contributed by atoms with Crippen LogP contribution >= 0.6 is 0 Å². The maximum Gasteiger partial charge on any atom is 0.333 e. The second-order valence-electron chi connectivity index (χ2n) is 7.48. The number of carbonyl (C=O) groups is 1. The molecule has 0 aliphatic carbocycles. The Kier molecular flexibility index (Phi) is 6.82. The van der Waals surface area contributed by atoms with Gasteiger partial charge in [0.25, 0.3) is 5.56 Å². The van der Waals surface area contributed by atoms with Crippen LogP contribution in [-0.2, 0) is 40.5 Å². The lowest BCUT2D eigenvalue weighted by Gasteiger charge is -2.12. The van der Waals surface area contributed by atoms with E-state index < -0.39 is 23.8 Å². The van der Waals surface area contributed by atoms with E-state index in [2.05, 4.69) is 19.9 Å². The number of esters is 1. The predicted octanol–water partition coefficient (Wildman–Crippen LogP) is -0.853. The smallest absolute Gasteiger partial charge is 0.333 e. The van der Waals surface area contributed by atoms with E-state index in [0.717, 1.165) is 10.1 Å². The minimum absolute atomic E-state index is 0.0327. The van der Waals surface area contributed by atoms with E-state index in [4.69, 9.17) is 20.9 Å². The molecule has 0 radical (unpaired) electrons. The monoisotopic (exact) mass is 481 g/mol. The third-order valence-electron chi connectivity index (χ3n) is 5.07. The number of methoxy groups -OCH3 is 1. The third-order valence-corrected chi connectivity index (χ3v) is 5.07. The zero-order valence-electron chi connectivity index (χ0n) is 18.8. The average molecular weight is 481 g/mol. The molecule has 0 spiro atoms. The second-order valence-corrected chi connectivity index (χ2v) is 7.48. The summed E-state index contributed by atoms with van der Waals surface area (Å²) in [5.74, 6) is -1.07. The number of ether oxygens (including phenoxy) is 2. The largest absolute Gasteiger partial charge is 0.456 e. The molecule has 35 heavy (non-hydrogen) atoms. The van der Waals surface area contributed by atoms with Gasteiger partial charge in [-0.15, -0.1) is 0 Å². The Bertz CT molecular complexity index is 1460. The summed E-state index contributed by atoms with van der Waals surface area (Å²) < 4.78 is 14.0. The number of hydrogen-bond acceptors (Lipinski definition) is 11. The summed E-state index contributed by atoms with van der Waals surface area (Å²) in [6.45, 7) is -0.192. The fourth-order valence-electron chi connectivity index (χ4n) is 3.49. The molecule has 14 heteroatoms. The molecule has 0 saturated heterocycles. The van der Waals surface area contributed by atoms with Crippen molar-refractivity contribution < 1.29 is 14.3 Å². The van der Waals surface area contributed by atoms with E-state index in [9.17, 15) is 14.4 Å². The van der Waals surface area contributed by atoms with Crippen molar-refractivity contribution in [2.75, 3.05) is 25.2 Å². The molecule has 0 aliphatic heterocycles. The number of anilines is 2. The Morgan fingerprint density at radius 2 is 1.74 bits per heavy atom.